The normalized spacial score (nSPS) is 11.3. The van der Waals surface area contributed by atoms with E-state index in [4.69, 9.17) is 9.47 Å². The van der Waals surface area contributed by atoms with Gasteiger partial charge in [0.2, 0.25) is 0 Å². The molecular formula is C21H19N5O4S. The fourth-order valence-corrected chi connectivity index (χ4v) is 3.86. The molecule has 10 heteroatoms. The van der Waals surface area contributed by atoms with E-state index in [2.05, 4.69) is 21.5 Å². The second-order valence-corrected chi connectivity index (χ2v) is 8.77. The number of nitrogens with zero attached hydrogens (tertiary/aromatic N) is 3. The Hall–Kier alpha value is -3.97. The van der Waals surface area contributed by atoms with Crippen LogP contribution in [0, 0.1) is 11.3 Å². The molecule has 4 aromatic rings. The van der Waals surface area contributed by atoms with E-state index in [1.165, 1.54) is 12.1 Å². The van der Waals surface area contributed by atoms with E-state index in [9.17, 15) is 13.7 Å². The molecule has 31 heavy (non-hydrogen) atoms. The molecule has 0 atom stereocenters. The Balaban J connectivity index is 1.84. The SMILES string of the molecule is COc1ccc(Nc2c(-c3ccc(S(C)(=O)=O)cc3)nc3c(C#N)c[nH]n23)cc1OC. The highest BCUT2D eigenvalue weighted by atomic mass is 32.2. The second kappa shape index (κ2) is 7.70. The van der Waals surface area contributed by atoms with Gasteiger partial charge in [-0.2, -0.15) is 5.26 Å². The van der Waals surface area contributed by atoms with Gasteiger partial charge in [-0.25, -0.2) is 17.9 Å². The zero-order chi connectivity index (χ0) is 22.2. The largest absolute Gasteiger partial charge is 0.493 e. The van der Waals surface area contributed by atoms with Gasteiger partial charge in [0.1, 0.15) is 17.3 Å². The van der Waals surface area contributed by atoms with Crippen LogP contribution in [0.4, 0.5) is 11.5 Å². The van der Waals surface area contributed by atoms with Gasteiger partial charge in [0.05, 0.1) is 19.1 Å². The van der Waals surface area contributed by atoms with Crippen molar-refractivity contribution >= 4 is 27.0 Å². The minimum atomic E-state index is -3.32. The Bertz CT molecular complexity index is 1410. The van der Waals surface area contributed by atoms with Gasteiger partial charge in [-0.3, -0.25) is 5.10 Å². The van der Waals surface area contributed by atoms with E-state index in [0.717, 1.165) is 6.26 Å². The number of aromatic nitrogens is 3. The summed E-state index contributed by atoms with van der Waals surface area (Å²) in [5, 5.41) is 15.7. The molecule has 0 unspecified atom stereocenters. The number of fused-ring (bicyclic) bond motifs is 1. The van der Waals surface area contributed by atoms with Crippen molar-refractivity contribution in [2.75, 3.05) is 25.8 Å². The lowest BCUT2D eigenvalue weighted by Crippen LogP contribution is -1.99. The number of hydrogen-bond donors (Lipinski definition) is 2. The third-order valence-electron chi connectivity index (χ3n) is 4.78. The molecule has 158 valence electrons. The minimum Gasteiger partial charge on any atom is -0.493 e. The molecule has 0 aliphatic carbocycles. The summed E-state index contributed by atoms with van der Waals surface area (Å²) >= 11 is 0. The molecular weight excluding hydrogens is 418 g/mol. The van der Waals surface area contributed by atoms with Crippen LogP contribution in [0.25, 0.3) is 16.9 Å². The number of anilines is 2. The van der Waals surface area contributed by atoms with Crippen LogP contribution in [0.3, 0.4) is 0 Å². The van der Waals surface area contributed by atoms with E-state index in [1.54, 1.807) is 49.2 Å². The summed E-state index contributed by atoms with van der Waals surface area (Å²) < 4.78 is 35.9. The minimum absolute atomic E-state index is 0.216. The van der Waals surface area contributed by atoms with Gasteiger partial charge in [0, 0.05) is 29.8 Å². The summed E-state index contributed by atoms with van der Waals surface area (Å²) in [6.45, 7) is 0. The zero-order valence-electron chi connectivity index (χ0n) is 17.0. The number of nitriles is 1. The lowest BCUT2D eigenvalue weighted by atomic mass is 10.1. The quantitative estimate of drug-likeness (QED) is 0.474. The number of hydrogen-bond acceptors (Lipinski definition) is 7. The smallest absolute Gasteiger partial charge is 0.175 e. The number of H-pyrrole nitrogens is 1. The molecule has 0 bridgehead atoms. The second-order valence-electron chi connectivity index (χ2n) is 6.76. The highest BCUT2D eigenvalue weighted by molar-refractivity contribution is 7.90. The summed E-state index contributed by atoms with van der Waals surface area (Å²) in [5.74, 6) is 1.72. The molecule has 2 aromatic heterocycles. The van der Waals surface area contributed by atoms with Crippen molar-refractivity contribution in [1.29, 1.82) is 5.26 Å². The summed E-state index contributed by atoms with van der Waals surface area (Å²) in [5.41, 5.74) is 2.79. The van der Waals surface area contributed by atoms with Gasteiger partial charge >= 0.3 is 0 Å². The molecule has 2 heterocycles. The fraction of sp³-hybridized carbons (Fsp3) is 0.143. The number of sulfone groups is 1. The lowest BCUT2D eigenvalue weighted by Gasteiger charge is -2.12. The van der Waals surface area contributed by atoms with Gasteiger partial charge in [-0.1, -0.05) is 12.1 Å². The zero-order valence-corrected chi connectivity index (χ0v) is 17.8. The van der Waals surface area contributed by atoms with E-state index >= 15 is 0 Å². The molecule has 0 spiro atoms. The predicted molar refractivity (Wildman–Crippen MR) is 116 cm³/mol. The molecule has 0 radical (unpaired) electrons. The lowest BCUT2D eigenvalue weighted by molar-refractivity contribution is 0.355. The van der Waals surface area contributed by atoms with Crippen molar-refractivity contribution < 1.29 is 17.9 Å². The van der Waals surface area contributed by atoms with Crippen LogP contribution in [0.1, 0.15) is 5.56 Å². The molecule has 0 saturated carbocycles. The summed E-state index contributed by atoms with van der Waals surface area (Å²) in [6, 6.07) is 13.9. The molecule has 0 aliphatic rings. The summed E-state index contributed by atoms with van der Waals surface area (Å²) in [6.07, 6.45) is 2.73. The maximum atomic E-state index is 11.8. The Labute approximate surface area is 178 Å². The van der Waals surface area contributed by atoms with Crippen molar-refractivity contribution in [1.82, 2.24) is 14.6 Å². The van der Waals surface area contributed by atoms with Gasteiger partial charge in [-0.15, -0.1) is 0 Å². The van der Waals surface area contributed by atoms with Crippen molar-refractivity contribution in [2.45, 2.75) is 4.90 Å². The van der Waals surface area contributed by atoms with Crippen LogP contribution in [-0.2, 0) is 9.84 Å². The highest BCUT2D eigenvalue weighted by Gasteiger charge is 2.19. The van der Waals surface area contributed by atoms with E-state index < -0.39 is 9.84 Å². The molecule has 0 fully saturated rings. The van der Waals surface area contributed by atoms with Gasteiger partial charge < -0.3 is 14.8 Å². The fourth-order valence-electron chi connectivity index (χ4n) is 3.23. The first-order valence-electron chi connectivity index (χ1n) is 9.15. The van der Waals surface area contributed by atoms with Crippen LogP contribution in [0.15, 0.2) is 53.6 Å². The molecule has 2 aromatic carbocycles. The average Bonchev–Trinajstić information content (AvgIpc) is 3.33. The predicted octanol–water partition coefficient (Wildman–Crippen LogP) is 3.37. The van der Waals surface area contributed by atoms with Crippen molar-refractivity contribution in [3.05, 3.63) is 54.2 Å². The van der Waals surface area contributed by atoms with E-state index in [0.29, 0.717) is 45.5 Å². The Morgan fingerprint density at radius 3 is 2.42 bits per heavy atom. The summed E-state index contributed by atoms with van der Waals surface area (Å²) in [4.78, 5) is 4.84. The van der Waals surface area contributed by atoms with Crippen LogP contribution in [-0.4, -0.2) is 43.5 Å². The molecule has 0 aliphatic heterocycles. The highest BCUT2D eigenvalue weighted by Crippen LogP contribution is 2.35. The topological polar surface area (TPSA) is 122 Å². The first-order chi connectivity index (χ1) is 14.9. The molecule has 2 N–H and O–H groups in total. The Morgan fingerprint density at radius 2 is 1.81 bits per heavy atom. The number of nitrogens with one attached hydrogen (secondary N) is 2. The number of aromatic amines is 1. The number of ether oxygens (including phenoxy) is 2. The molecule has 4 rings (SSSR count). The molecule has 0 saturated heterocycles. The number of imidazole rings is 1. The Morgan fingerprint density at radius 1 is 1.10 bits per heavy atom. The van der Waals surface area contributed by atoms with Gasteiger partial charge in [0.15, 0.2) is 32.8 Å². The van der Waals surface area contributed by atoms with Crippen LogP contribution in [0.2, 0.25) is 0 Å². The van der Waals surface area contributed by atoms with Gasteiger partial charge in [-0.05, 0) is 24.3 Å². The average molecular weight is 437 g/mol. The first kappa shape index (κ1) is 20.3. The van der Waals surface area contributed by atoms with Gasteiger partial charge in [0.25, 0.3) is 0 Å². The maximum absolute atomic E-state index is 11.8. The van der Waals surface area contributed by atoms with Crippen LogP contribution < -0.4 is 14.8 Å². The Kier molecular flexibility index (Phi) is 5.04. The van der Waals surface area contributed by atoms with E-state index in [1.807, 2.05) is 6.07 Å². The van der Waals surface area contributed by atoms with Crippen LogP contribution >= 0.6 is 0 Å². The van der Waals surface area contributed by atoms with Crippen molar-refractivity contribution in [3.8, 4) is 28.8 Å². The molecule has 9 nitrogen and oxygen atoms in total. The monoisotopic (exact) mass is 437 g/mol. The van der Waals surface area contributed by atoms with E-state index in [-0.39, 0.29) is 4.90 Å². The third kappa shape index (κ3) is 3.67. The number of benzene rings is 2. The first-order valence-corrected chi connectivity index (χ1v) is 11.0. The number of rotatable bonds is 6. The molecule has 0 amide bonds. The number of methoxy groups -OCH3 is 2. The maximum Gasteiger partial charge on any atom is 0.175 e. The summed E-state index contributed by atoms with van der Waals surface area (Å²) in [7, 11) is -0.201. The van der Waals surface area contributed by atoms with Crippen molar-refractivity contribution in [2.24, 2.45) is 0 Å². The van der Waals surface area contributed by atoms with Crippen LogP contribution in [0.5, 0.6) is 11.5 Å². The third-order valence-corrected chi connectivity index (χ3v) is 5.91. The van der Waals surface area contributed by atoms with Crippen molar-refractivity contribution in [3.63, 3.8) is 0 Å². The standard InChI is InChI=1S/C21H19N5O4S/c1-29-17-9-6-15(10-18(17)30-2)24-21-19(25-20-14(11-22)12-23-26(20)21)13-4-7-16(8-5-13)31(3,27)28/h4-10,12,23-24H,1-3H3.